The minimum atomic E-state index is -3.84. The summed E-state index contributed by atoms with van der Waals surface area (Å²) in [7, 11) is -3.84. The first-order valence-electron chi connectivity index (χ1n) is 10.7. The van der Waals surface area contributed by atoms with E-state index in [-0.39, 0.29) is 30.0 Å². The molecule has 1 amide bonds. The Labute approximate surface area is 191 Å². The third-order valence-corrected chi connectivity index (χ3v) is 8.05. The van der Waals surface area contributed by atoms with E-state index in [1.54, 1.807) is 23.1 Å². The maximum Gasteiger partial charge on any atom is 0.265 e. The summed E-state index contributed by atoms with van der Waals surface area (Å²) < 4.78 is 34.0. The fourth-order valence-corrected chi connectivity index (χ4v) is 6.41. The number of hydrogen-bond donors (Lipinski definition) is 0. The molecule has 0 aliphatic carbocycles. The molecule has 2 heterocycles. The van der Waals surface area contributed by atoms with E-state index in [0.717, 1.165) is 10.9 Å². The molecule has 0 fully saturated rings. The zero-order valence-electron chi connectivity index (χ0n) is 17.6. The van der Waals surface area contributed by atoms with Gasteiger partial charge in [-0.3, -0.25) is 14.0 Å². The van der Waals surface area contributed by atoms with Crippen molar-refractivity contribution in [1.82, 2.24) is 0 Å². The Bertz CT molecular complexity index is 1500. The van der Waals surface area contributed by atoms with Gasteiger partial charge in [-0.15, -0.1) is 0 Å². The Morgan fingerprint density at radius 3 is 2.36 bits per heavy atom. The predicted molar refractivity (Wildman–Crippen MR) is 127 cm³/mol. The molecule has 0 saturated carbocycles. The van der Waals surface area contributed by atoms with Crippen LogP contribution in [-0.4, -0.2) is 27.5 Å². The van der Waals surface area contributed by atoms with Crippen LogP contribution < -0.4 is 13.9 Å². The highest BCUT2D eigenvalue weighted by molar-refractivity contribution is 7.93. The van der Waals surface area contributed by atoms with Gasteiger partial charge in [0.05, 0.1) is 22.3 Å². The Hall–Kier alpha value is -3.84. The van der Waals surface area contributed by atoms with Crippen molar-refractivity contribution in [3.05, 3.63) is 96.6 Å². The number of para-hydroxylation sites is 2. The van der Waals surface area contributed by atoms with Gasteiger partial charge >= 0.3 is 0 Å². The molecule has 1 atom stereocenters. The minimum Gasteiger partial charge on any atom is -0.489 e. The summed E-state index contributed by atoms with van der Waals surface area (Å²) in [5, 5.41) is 1.50. The van der Waals surface area contributed by atoms with Gasteiger partial charge in [0.25, 0.3) is 10.0 Å². The zero-order chi connectivity index (χ0) is 22.6. The number of hydrogen-bond acceptors (Lipinski definition) is 4. The quantitative estimate of drug-likeness (QED) is 0.455. The Balaban J connectivity index is 1.43. The van der Waals surface area contributed by atoms with Crippen molar-refractivity contribution in [2.24, 2.45) is 0 Å². The maximum absolute atomic E-state index is 13.8. The highest BCUT2D eigenvalue weighted by Gasteiger charge is 2.40. The molecule has 0 saturated heterocycles. The summed E-state index contributed by atoms with van der Waals surface area (Å²) in [6.07, 6.45) is 0. The molecule has 4 aromatic rings. The number of benzene rings is 4. The van der Waals surface area contributed by atoms with Gasteiger partial charge in [0, 0.05) is 5.39 Å². The second kappa shape index (κ2) is 7.35. The van der Waals surface area contributed by atoms with E-state index in [1.165, 1.54) is 4.31 Å². The molecule has 4 aromatic carbocycles. The van der Waals surface area contributed by atoms with E-state index in [4.69, 9.17) is 4.74 Å². The second-order valence-electron chi connectivity index (χ2n) is 8.11. The number of fused-ring (bicyclic) bond motifs is 1. The summed E-state index contributed by atoms with van der Waals surface area (Å²) in [5.74, 6) is 0.292. The third kappa shape index (κ3) is 3.00. The van der Waals surface area contributed by atoms with Crippen LogP contribution in [-0.2, 0) is 14.8 Å². The zero-order valence-corrected chi connectivity index (χ0v) is 18.4. The number of ether oxygens (including phenoxy) is 1. The summed E-state index contributed by atoms with van der Waals surface area (Å²) in [6, 6.07) is 27.3. The van der Waals surface area contributed by atoms with E-state index >= 15 is 0 Å². The summed E-state index contributed by atoms with van der Waals surface area (Å²) >= 11 is 0. The fraction of sp³-hybridized carbons (Fsp3) is 0.115. The van der Waals surface area contributed by atoms with Gasteiger partial charge in [0.2, 0.25) is 5.91 Å². The van der Waals surface area contributed by atoms with Crippen LogP contribution in [0.4, 0.5) is 11.4 Å². The first kappa shape index (κ1) is 19.8. The van der Waals surface area contributed by atoms with Crippen LogP contribution in [0.15, 0.2) is 95.9 Å². The fourth-order valence-electron chi connectivity index (χ4n) is 4.75. The lowest BCUT2D eigenvalue weighted by Crippen LogP contribution is -2.46. The maximum atomic E-state index is 13.8. The molecule has 2 aliphatic heterocycles. The molecule has 6 rings (SSSR count). The molecule has 1 unspecified atom stereocenters. The van der Waals surface area contributed by atoms with Crippen LogP contribution in [0.25, 0.3) is 10.8 Å². The molecule has 0 spiro atoms. The minimum absolute atomic E-state index is 0.241. The van der Waals surface area contributed by atoms with Gasteiger partial charge in [-0.25, -0.2) is 8.42 Å². The number of anilines is 2. The number of carbonyl (C=O) groups excluding carboxylic acids is 1. The molecule has 7 heteroatoms. The van der Waals surface area contributed by atoms with Gasteiger partial charge < -0.3 is 4.74 Å². The van der Waals surface area contributed by atoms with Crippen LogP contribution >= 0.6 is 0 Å². The molecule has 0 aromatic heterocycles. The SMILES string of the molecule is O=C(CN1c2cccc3cccc(c23)S1(=O)=O)N1c2ccccc2OCC1c1ccccc1. The monoisotopic (exact) mass is 456 g/mol. The molecular formula is C26H20N2O4S. The number of carbonyl (C=O) groups is 1. The van der Waals surface area contributed by atoms with Crippen molar-refractivity contribution in [2.45, 2.75) is 10.9 Å². The molecular weight excluding hydrogens is 436 g/mol. The van der Waals surface area contributed by atoms with Crippen molar-refractivity contribution in [3.63, 3.8) is 0 Å². The molecule has 2 aliphatic rings. The predicted octanol–water partition coefficient (Wildman–Crippen LogP) is 4.52. The van der Waals surface area contributed by atoms with E-state index in [9.17, 15) is 13.2 Å². The van der Waals surface area contributed by atoms with E-state index < -0.39 is 10.0 Å². The molecule has 0 N–H and O–H groups in total. The average molecular weight is 457 g/mol. The summed E-state index contributed by atoms with van der Waals surface area (Å²) in [6.45, 7) is -0.0108. The van der Waals surface area contributed by atoms with Gasteiger partial charge in [0.1, 0.15) is 18.9 Å². The lowest BCUT2D eigenvalue weighted by Gasteiger charge is -2.38. The van der Waals surface area contributed by atoms with Crippen LogP contribution in [0, 0.1) is 0 Å². The topological polar surface area (TPSA) is 66.9 Å². The number of rotatable bonds is 3. The molecule has 164 valence electrons. The van der Waals surface area contributed by atoms with Gasteiger partial charge in [-0.1, -0.05) is 66.7 Å². The number of amides is 1. The highest BCUT2D eigenvalue weighted by atomic mass is 32.2. The molecule has 6 nitrogen and oxygen atoms in total. The van der Waals surface area contributed by atoms with Crippen molar-refractivity contribution in [1.29, 1.82) is 0 Å². The molecule has 0 radical (unpaired) electrons. The van der Waals surface area contributed by atoms with Gasteiger partial charge in [-0.05, 0) is 35.2 Å². The summed E-state index contributed by atoms with van der Waals surface area (Å²) in [5.41, 5.74) is 2.10. The Morgan fingerprint density at radius 1 is 0.848 bits per heavy atom. The second-order valence-corrected chi connectivity index (χ2v) is 9.94. The normalized spacial score (nSPS) is 18.1. The van der Waals surface area contributed by atoms with Crippen LogP contribution in [0.2, 0.25) is 0 Å². The lowest BCUT2D eigenvalue weighted by molar-refractivity contribution is -0.118. The van der Waals surface area contributed by atoms with E-state index in [0.29, 0.717) is 22.5 Å². The smallest absolute Gasteiger partial charge is 0.265 e. The Morgan fingerprint density at radius 2 is 1.55 bits per heavy atom. The number of sulfonamides is 1. The first-order chi connectivity index (χ1) is 16.1. The standard InChI is InChI=1S/C26H20N2O4S/c29-25(16-27-21-13-6-10-19-11-7-15-24(26(19)21)33(27,30)31)28-20-12-4-5-14-23(20)32-17-22(28)18-8-2-1-3-9-18/h1-15,22H,16-17H2. The van der Waals surface area contributed by atoms with Crippen molar-refractivity contribution >= 4 is 38.1 Å². The first-order valence-corrected chi connectivity index (χ1v) is 12.1. The van der Waals surface area contributed by atoms with Crippen LogP contribution in [0.1, 0.15) is 11.6 Å². The summed E-state index contributed by atoms with van der Waals surface area (Å²) in [4.78, 5) is 15.7. The van der Waals surface area contributed by atoms with Gasteiger partial charge in [0.15, 0.2) is 0 Å². The molecule has 33 heavy (non-hydrogen) atoms. The van der Waals surface area contributed by atoms with Crippen LogP contribution in [0.5, 0.6) is 5.75 Å². The van der Waals surface area contributed by atoms with Crippen LogP contribution in [0.3, 0.4) is 0 Å². The van der Waals surface area contributed by atoms with E-state index in [1.807, 2.05) is 72.8 Å². The largest absolute Gasteiger partial charge is 0.489 e. The van der Waals surface area contributed by atoms with Gasteiger partial charge in [-0.2, -0.15) is 0 Å². The molecule has 0 bridgehead atoms. The lowest BCUT2D eigenvalue weighted by atomic mass is 10.0. The number of nitrogens with zero attached hydrogens (tertiary/aromatic N) is 2. The Kier molecular flexibility index (Phi) is 4.41. The average Bonchev–Trinajstić information content (AvgIpc) is 3.07. The highest BCUT2D eigenvalue weighted by Crippen LogP contribution is 2.43. The van der Waals surface area contributed by atoms with Crippen molar-refractivity contribution in [2.75, 3.05) is 22.4 Å². The third-order valence-electron chi connectivity index (χ3n) is 6.25. The van der Waals surface area contributed by atoms with Crippen molar-refractivity contribution < 1.29 is 17.9 Å². The van der Waals surface area contributed by atoms with Crippen molar-refractivity contribution in [3.8, 4) is 5.75 Å². The van der Waals surface area contributed by atoms with E-state index in [2.05, 4.69) is 0 Å².